The van der Waals surface area contributed by atoms with Gasteiger partial charge < -0.3 is 0 Å². The highest BCUT2D eigenvalue weighted by atomic mass is 16.2. The molecule has 0 aliphatic carbocycles. The van der Waals surface area contributed by atoms with Crippen molar-refractivity contribution in [2.75, 3.05) is 0 Å². The zero-order chi connectivity index (χ0) is 13.0. The summed E-state index contributed by atoms with van der Waals surface area (Å²) in [5, 5.41) is 16.1. The second-order valence-electron chi connectivity index (χ2n) is 3.63. The van der Waals surface area contributed by atoms with Crippen LogP contribution < -0.4 is 11.2 Å². The van der Waals surface area contributed by atoms with Crippen molar-refractivity contribution in [2.24, 2.45) is 0 Å². The van der Waals surface area contributed by atoms with E-state index in [1.165, 1.54) is 10.8 Å². The van der Waals surface area contributed by atoms with Crippen LogP contribution in [0.1, 0.15) is 12.0 Å². The van der Waals surface area contributed by atoms with Gasteiger partial charge in [0.2, 0.25) is 0 Å². The van der Waals surface area contributed by atoms with E-state index < -0.39 is 11.2 Å². The Hall–Kier alpha value is -2.69. The number of aromatic nitrogens is 5. The first-order valence-electron chi connectivity index (χ1n) is 5.28. The molecule has 1 N–H and O–H groups in total. The summed E-state index contributed by atoms with van der Waals surface area (Å²) in [5.41, 5.74) is -1.25. The summed E-state index contributed by atoms with van der Waals surface area (Å²) >= 11 is 0. The Kier molecular flexibility index (Phi) is 3.33. The van der Waals surface area contributed by atoms with E-state index in [0.29, 0.717) is 19.5 Å². The quantitative estimate of drug-likeness (QED) is 0.751. The molecule has 0 aliphatic heterocycles. The topological polar surface area (TPSA) is 109 Å². The van der Waals surface area contributed by atoms with E-state index in [9.17, 15) is 9.59 Å². The van der Waals surface area contributed by atoms with Gasteiger partial charge >= 0.3 is 5.69 Å². The first-order chi connectivity index (χ1) is 8.70. The molecule has 0 saturated carbocycles. The molecule has 8 heteroatoms. The van der Waals surface area contributed by atoms with Crippen molar-refractivity contribution >= 4 is 0 Å². The minimum atomic E-state index is -0.657. The molecule has 0 fully saturated rings. The summed E-state index contributed by atoms with van der Waals surface area (Å²) in [7, 11) is 0. The highest BCUT2D eigenvalue weighted by Gasteiger charge is 2.03. The first kappa shape index (κ1) is 11.8. The van der Waals surface area contributed by atoms with E-state index in [1.807, 2.05) is 0 Å². The van der Waals surface area contributed by atoms with E-state index in [-0.39, 0.29) is 5.56 Å². The van der Waals surface area contributed by atoms with Gasteiger partial charge in [-0.3, -0.25) is 19.0 Å². The zero-order valence-electron chi connectivity index (χ0n) is 9.41. The van der Waals surface area contributed by atoms with E-state index in [2.05, 4.69) is 15.3 Å². The molecule has 0 saturated heterocycles. The molecule has 0 atom stereocenters. The van der Waals surface area contributed by atoms with Crippen molar-refractivity contribution in [2.45, 2.75) is 19.5 Å². The molecule has 0 aromatic carbocycles. The molecule has 0 radical (unpaired) electrons. The second kappa shape index (κ2) is 5.09. The third-order valence-corrected chi connectivity index (χ3v) is 2.39. The third kappa shape index (κ3) is 2.52. The van der Waals surface area contributed by atoms with Crippen LogP contribution in [-0.4, -0.2) is 24.5 Å². The van der Waals surface area contributed by atoms with Gasteiger partial charge in [-0.2, -0.15) is 5.26 Å². The normalized spacial score (nSPS) is 10.2. The summed E-state index contributed by atoms with van der Waals surface area (Å²) in [5.74, 6) is 0. The van der Waals surface area contributed by atoms with Crippen LogP contribution in [-0.2, 0) is 13.1 Å². The number of nitrogens with one attached hydrogen (secondary N) is 1. The van der Waals surface area contributed by atoms with Gasteiger partial charge in [0.25, 0.3) is 5.56 Å². The number of aryl methyl sites for hydroxylation is 2. The van der Waals surface area contributed by atoms with Gasteiger partial charge in [0.05, 0.1) is 6.20 Å². The Balaban J connectivity index is 2.08. The Bertz CT molecular complexity index is 676. The molecule has 92 valence electrons. The van der Waals surface area contributed by atoms with Crippen molar-refractivity contribution in [1.82, 2.24) is 24.5 Å². The van der Waals surface area contributed by atoms with Crippen molar-refractivity contribution < 1.29 is 0 Å². The van der Waals surface area contributed by atoms with E-state index in [4.69, 9.17) is 5.26 Å². The van der Waals surface area contributed by atoms with E-state index >= 15 is 0 Å². The molecule has 2 rings (SSSR count). The average Bonchev–Trinajstić information content (AvgIpc) is 2.85. The molecule has 0 amide bonds. The SMILES string of the molecule is N#Cc1cn(CCCn2ccnn2)c(=O)[nH]c1=O. The zero-order valence-corrected chi connectivity index (χ0v) is 9.41. The van der Waals surface area contributed by atoms with E-state index in [1.54, 1.807) is 23.1 Å². The number of hydrogen-bond acceptors (Lipinski definition) is 5. The van der Waals surface area contributed by atoms with Crippen LogP contribution in [0.5, 0.6) is 0 Å². The van der Waals surface area contributed by atoms with Crippen LogP contribution in [0.15, 0.2) is 28.2 Å². The van der Waals surface area contributed by atoms with Crippen LogP contribution in [0.3, 0.4) is 0 Å². The van der Waals surface area contributed by atoms with E-state index in [0.717, 1.165) is 0 Å². The van der Waals surface area contributed by atoms with Gasteiger partial charge in [0.1, 0.15) is 11.6 Å². The molecule has 0 aliphatic rings. The molecule has 0 bridgehead atoms. The van der Waals surface area contributed by atoms with Gasteiger partial charge in [-0.15, -0.1) is 5.10 Å². The lowest BCUT2D eigenvalue weighted by Gasteiger charge is -2.04. The third-order valence-electron chi connectivity index (χ3n) is 2.39. The van der Waals surface area contributed by atoms with Crippen LogP contribution in [0.4, 0.5) is 0 Å². The number of hydrogen-bond donors (Lipinski definition) is 1. The number of H-pyrrole nitrogens is 1. The van der Waals surface area contributed by atoms with Gasteiger partial charge in [-0.05, 0) is 6.42 Å². The Morgan fingerprint density at radius 2 is 2.22 bits per heavy atom. The predicted octanol–water partition coefficient (Wildman–Crippen LogP) is -0.910. The molecule has 2 heterocycles. The van der Waals surface area contributed by atoms with Gasteiger partial charge in [-0.1, -0.05) is 5.21 Å². The van der Waals surface area contributed by atoms with Gasteiger partial charge in [-0.25, -0.2) is 4.79 Å². The maximum Gasteiger partial charge on any atom is 0.328 e. The first-order valence-corrected chi connectivity index (χ1v) is 5.28. The lowest BCUT2D eigenvalue weighted by atomic mass is 10.3. The maximum absolute atomic E-state index is 11.5. The monoisotopic (exact) mass is 246 g/mol. The number of nitrogens with zero attached hydrogens (tertiary/aromatic N) is 5. The average molecular weight is 246 g/mol. The van der Waals surface area contributed by atoms with Crippen molar-refractivity contribution in [3.8, 4) is 6.07 Å². The van der Waals surface area contributed by atoms with Gasteiger partial charge in [0, 0.05) is 25.5 Å². The number of nitriles is 1. The van der Waals surface area contributed by atoms with Crippen LogP contribution in [0.2, 0.25) is 0 Å². The largest absolute Gasteiger partial charge is 0.328 e. The van der Waals surface area contributed by atoms with Crippen LogP contribution in [0, 0.1) is 11.3 Å². The molecule has 0 spiro atoms. The molecule has 18 heavy (non-hydrogen) atoms. The van der Waals surface area contributed by atoms with Crippen molar-refractivity contribution in [3.05, 3.63) is 45.0 Å². The Morgan fingerprint density at radius 1 is 1.39 bits per heavy atom. The smallest absolute Gasteiger partial charge is 0.299 e. The fraction of sp³-hybridized carbons (Fsp3) is 0.300. The minimum Gasteiger partial charge on any atom is -0.299 e. The summed E-state index contributed by atoms with van der Waals surface area (Å²) < 4.78 is 2.94. The second-order valence-corrected chi connectivity index (χ2v) is 3.63. The van der Waals surface area contributed by atoms with Crippen molar-refractivity contribution in [1.29, 1.82) is 5.26 Å². The lowest BCUT2D eigenvalue weighted by molar-refractivity contribution is 0.503. The molecule has 8 nitrogen and oxygen atoms in total. The predicted molar refractivity (Wildman–Crippen MR) is 60.7 cm³/mol. The summed E-state index contributed by atoms with van der Waals surface area (Å²) in [4.78, 5) is 24.7. The lowest BCUT2D eigenvalue weighted by Crippen LogP contribution is -2.31. The molecule has 2 aromatic heterocycles. The molecule has 0 unspecified atom stereocenters. The van der Waals surface area contributed by atoms with Crippen LogP contribution in [0.25, 0.3) is 0 Å². The fourth-order valence-corrected chi connectivity index (χ4v) is 1.51. The summed E-state index contributed by atoms with van der Waals surface area (Å²) in [6.45, 7) is 0.998. The van der Waals surface area contributed by atoms with Gasteiger partial charge in [0.15, 0.2) is 0 Å². The summed E-state index contributed by atoms with van der Waals surface area (Å²) in [6.07, 6.45) is 5.19. The molecular weight excluding hydrogens is 236 g/mol. The highest BCUT2D eigenvalue weighted by Crippen LogP contribution is 1.92. The maximum atomic E-state index is 11.5. The van der Waals surface area contributed by atoms with Crippen molar-refractivity contribution in [3.63, 3.8) is 0 Å². The van der Waals surface area contributed by atoms with Crippen LogP contribution >= 0.6 is 0 Å². The highest BCUT2D eigenvalue weighted by molar-refractivity contribution is 5.21. The Morgan fingerprint density at radius 3 is 2.89 bits per heavy atom. The molecular formula is C10H10N6O2. The Labute approximate surface area is 101 Å². The molecule has 2 aromatic rings. The number of aromatic amines is 1. The summed E-state index contributed by atoms with van der Waals surface area (Å²) in [6, 6.07) is 1.74. The number of rotatable bonds is 4. The minimum absolute atomic E-state index is 0.0737. The fourth-order valence-electron chi connectivity index (χ4n) is 1.51. The standard InChI is InChI=1S/C10H10N6O2/c11-6-8-7-15(10(18)13-9(8)17)3-1-4-16-5-2-12-14-16/h2,5,7H,1,3-4H2,(H,13,17,18).